The summed E-state index contributed by atoms with van der Waals surface area (Å²) < 4.78 is 5.79. The fourth-order valence-electron chi connectivity index (χ4n) is 3.57. The zero-order valence-electron chi connectivity index (χ0n) is 12.6. The number of rotatable bonds is 3. The Morgan fingerprint density at radius 1 is 1.21 bits per heavy atom. The molecule has 2 heteroatoms. The van der Waals surface area contributed by atoms with Crippen LogP contribution in [0.1, 0.15) is 52.5 Å². The molecule has 2 atom stereocenters. The lowest BCUT2D eigenvalue weighted by Gasteiger charge is -2.40. The molecule has 0 aromatic heterocycles. The van der Waals surface area contributed by atoms with Gasteiger partial charge in [-0.05, 0) is 62.6 Å². The van der Waals surface area contributed by atoms with Gasteiger partial charge in [0.15, 0.2) is 0 Å². The first-order chi connectivity index (χ1) is 8.89. The van der Waals surface area contributed by atoms with Crippen molar-refractivity contribution in [1.29, 1.82) is 0 Å². The van der Waals surface area contributed by atoms with Gasteiger partial charge in [0.25, 0.3) is 0 Å². The highest BCUT2D eigenvalue weighted by Crippen LogP contribution is 2.41. The van der Waals surface area contributed by atoms with Crippen LogP contribution < -0.4 is 10.5 Å². The standard InChI is InChI=1S/C17H27NO/c1-12(2)19-16-7-5-6-15(9-16)17(18)10-13(3)8-14(4)11-17/h5-7,9,12-14H,8,10-11,18H2,1-4H3. The summed E-state index contributed by atoms with van der Waals surface area (Å²) in [6.45, 7) is 8.72. The third kappa shape index (κ3) is 3.50. The smallest absolute Gasteiger partial charge is 0.120 e. The van der Waals surface area contributed by atoms with Gasteiger partial charge in [-0.25, -0.2) is 0 Å². The van der Waals surface area contributed by atoms with Crippen molar-refractivity contribution in [1.82, 2.24) is 0 Å². The van der Waals surface area contributed by atoms with Crippen molar-refractivity contribution in [3.8, 4) is 5.75 Å². The van der Waals surface area contributed by atoms with Gasteiger partial charge in [0.05, 0.1) is 6.10 Å². The maximum Gasteiger partial charge on any atom is 0.120 e. The van der Waals surface area contributed by atoms with Crippen LogP contribution in [-0.4, -0.2) is 6.10 Å². The SMILES string of the molecule is CC1CC(C)CC(N)(c2cccc(OC(C)C)c2)C1. The summed E-state index contributed by atoms with van der Waals surface area (Å²) >= 11 is 0. The van der Waals surface area contributed by atoms with E-state index in [4.69, 9.17) is 10.5 Å². The second kappa shape index (κ2) is 5.54. The van der Waals surface area contributed by atoms with Crippen LogP contribution in [0.5, 0.6) is 5.75 Å². The van der Waals surface area contributed by atoms with Gasteiger partial charge in [-0.3, -0.25) is 0 Å². The lowest BCUT2D eigenvalue weighted by atomic mass is 9.69. The van der Waals surface area contributed by atoms with Gasteiger partial charge in [0.2, 0.25) is 0 Å². The zero-order chi connectivity index (χ0) is 14.0. The first-order valence-electron chi connectivity index (χ1n) is 7.45. The quantitative estimate of drug-likeness (QED) is 0.889. The minimum Gasteiger partial charge on any atom is -0.491 e. The number of hydrogen-bond donors (Lipinski definition) is 1. The molecule has 106 valence electrons. The zero-order valence-corrected chi connectivity index (χ0v) is 12.6. The summed E-state index contributed by atoms with van der Waals surface area (Å²) in [7, 11) is 0. The van der Waals surface area contributed by atoms with Crippen LogP contribution in [0, 0.1) is 11.8 Å². The molecule has 2 rings (SSSR count). The van der Waals surface area contributed by atoms with Gasteiger partial charge in [0, 0.05) is 5.54 Å². The molecular weight excluding hydrogens is 234 g/mol. The molecule has 0 radical (unpaired) electrons. The molecule has 0 heterocycles. The fraction of sp³-hybridized carbons (Fsp3) is 0.647. The topological polar surface area (TPSA) is 35.2 Å². The van der Waals surface area contributed by atoms with E-state index in [0.717, 1.165) is 18.6 Å². The van der Waals surface area contributed by atoms with Gasteiger partial charge < -0.3 is 10.5 Å². The Morgan fingerprint density at radius 2 is 1.84 bits per heavy atom. The molecule has 0 amide bonds. The van der Waals surface area contributed by atoms with Crippen molar-refractivity contribution >= 4 is 0 Å². The highest BCUT2D eigenvalue weighted by molar-refractivity contribution is 5.34. The van der Waals surface area contributed by atoms with Gasteiger partial charge in [-0.2, -0.15) is 0 Å². The minimum absolute atomic E-state index is 0.187. The third-order valence-corrected chi connectivity index (χ3v) is 4.01. The Balaban J connectivity index is 2.24. The Bertz CT molecular complexity index is 417. The number of hydrogen-bond acceptors (Lipinski definition) is 2. The molecule has 1 aromatic rings. The summed E-state index contributed by atoms with van der Waals surface area (Å²) in [6, 6.07) is 8.36. The molecule has 0 spiro atoms. The summed E-state index contributed by atoms with van der Waals surface area (Å²) in [6.07, 6.45) is 3.64. The van der Waals surface area contributed by atoms with E-state index in [1.807, 2.05) is 6.07 Å². The van der Waals surface area contributed by atoms with Crippen molar-refractivity contribution in [2.75, 3.05) is 0 Å². The predicted octanol–water partition coefficient (Wildman–Crippen LogP) is 4.08. The highest BCUT2D eigenvalue weighted by atomic mass is 16.5. The average molecular weight is 261 g/mol. The van der Waals surface area contributed by atoms with Gasteiger partial charge >= 0.3 is 0 Å². The van der Waals surface area contributed by atoms with E-state index in [1.54, 1.807) is 0 Å². The van der Waals surface area contributed by atoms with E-state index in [0.29, 0.717) is 11.8 Å². The van der Waals surface area contributed by atoms with Crippen molar-refractivity contribution in [3.63, 3.8) is 0 Å². The average Bonchev–Trinajstić information content (AvgIpc) is 2.26. The van der Waals surface area contributed by atoms with E-state index in [9.17, 15) is 0 Å². The molecule has 0 aliphatic heterocycles. The van der Waals surface area contributed by atoms with Crippen molar-refractivity contribution in [2.45, 2.75) is 58.6 Å². The molecular formula is C17H27NO. The molecule has 2 N–H and O–H groups in total. The van der Waals surface area contributed by atoms with E-state index in [-0.39, 0.29) is 11.6 Å². The molecule has 1 fully saturated rings. The van der Waals surface area contributed by atoms with Crippen LogP contribution in [0.2, 0.25) is 0 Å². The van der Waals surface area contributed by atoms with Crippen LogP contribution in [0.4, 0.5) is 0 Å². The van der Waals surface area contributed by atoms with E-state index < -0.39 is 0 Å². The highest BCUT2D eigenvalue weighted by Gasteiger charge is 2.36. The van der Waals surface area contributed by atoms with Crippen LogP contribution in [0.15, 0.2) is 24.3 Å². The van der Waals surface area contributed by atoms with E-state index in [2.05, 4.69) is 45.9 Å². The molecule has 2 nitrogen and oxygen atoms in total. The maximum absolute atomic E-state index is 6.71. The molecule has 0 bridgehead atoms. The van der Waals surface area contributed by atoms with E-state index >= 15 is 0 Å². The van der Waals surface area contributed by atoms with Crippen LogP contribution >= 0.6 is 0 Å². The first-order valence-corrected chi connectivity index (χ1v) is 7.45. The Labute approximate surface area is 117 Å². The maximum atomic E-state index is 6.71. The molecule has 1 aromatic carbocycles. The van der Waals surface area contributed by atoms with Gasteiger partial charge in [-0.15, -0.1) is 0 Å². The summed E-state index contributed by atoms with van der Waals surface area (Å²) in [5, 5.41) is 0. The molecule has 0 saturated heterocycles. The fourth-order valence-corrected chi connectivity index (χ4v) is 3.57. The van der Waals surface area contributed by atoms with Crippen LogP contribution in [0.3, 0.4) is 0 Å². The summed E-state index contributed by atoms with van der Waals surface area (Å²) in [5.41, 5.74) is 7.74. The normalized spacial score (nSPS) is 31.5. The second-order valence-electron chi connectivity index (χ2n) is 6.70. The third-order valence-electron chi connectivity index (χ3n) is 4.01. The Kier molecular flexibility index (Phi) is 4.19. The first kappa shape index (κ1) is 14.4. The molecule has 1 saturated carbocycles. The number of ether oxygens (including phenoxy) is 1. The van der Waals surface area contributed by atoms with Crippen molar-refractivity contribution < 1.29 is 4.74 Å². The van der Waals surface area contributed by atoms with Crippen molar-refractivity contribution in [2.24, 2.45) is 17.6 Å². The molecule has 2 unspecified atom stereocenters. The van der Waals surface area contributed by atoms with Crippen LogP contribution in [-0.2, 0) is 5.54 Å². The number of nitrogens with two attached hydrogens (primary N) is 1. The molecule has 19 heavy (non-hydrogen) atoms. The largest absolute Gasteiger partial charge is 0.491 e. The lowest BCUT2D eigenvalue weighted by molar-refractivity contribution is 0.182. The van der Waals surface area contributed by atoms with Gasteiger partial charge in [0.1, 0.15) is 5.75 Å². The monoisotopic (exact) mass is 261 g/mol. The van der Waals surface area contributed by atoms with Crippen LogP contribution in [0.25, 0.3) is 0 Å². The van der Waals surface area contributed by atoms with E-state index in [1.165, 1.54) is 12.0 Å². The van der Waals surface area contributed by atoms with Gasteiger partial charge in [-0.1, -0.05) is 26.0 Å². The molecule has 1 aliphatic carbocycles. The molecule has 1 aliphatic rings. The Hall–Kier alpha value is -1.02. The number of benzene rings is 1. The minimum atomic E-state index is -0.187. The van der Waals surface area contributed by atoms with Crippen molar-refractivity contribution in [3.05, 3.63) is 29.8 Å². The second-order valence-corrected chi connectivity index (χ2v) is 6.70. The predicted molar refractivity (Wildman–Crippen MR) is 80.3 cm³/mol. The summed E-state index contributed by atoms with van der Waals surface area (Å²) in [4.78, 5) is 0. The lowest BCUT2D eigenvalue weighted by Crippen LogP contribution is -2.43. The summed E-state index contributed by atoms with van der Waals surface area (Å²) in [5.74, 6) is 2.33. The Morgan fingerprint density at radius 3 is 2.42 bits per heavy atom.